The number of benzene rings is 1. The number of carbonyl (C=O) groups is 1. The van der Waals surface area contributed by atoms with Gasteiger partial charge >= 0.3 is 6.09 Å². The van der Waals surface area contributed by atoms with E-state index in [-0.39, 0.29) is 25.1 Å². The van der Waals surface area contributed by atoms with Gasteiger partial charge in [-0.15, -0.1) is 0 Å². The highest BCUT2D eigenvalue weighted by molar-refractivity contribution is 7.85. The lowest BCUT2D eigenvalue weighted by Crippen LogP contribution is -2.42. The summed E-state index contributed by atoms with van der Waals surface area (Å²) in [6.45, 7) is 5.84. The minimum absolute atomic E-state index is 0.109. The Morgan fingerprint density at radius 3 is 2.43 bits per heavy atom. The van der Waals surface area contributed by atoms with Crippen molar-refractivity contribution in [2.75, 3.05) is 26.0 Å². The standard InChI is InChI=1S/C18H25Cl2NO6S/c1-18(2,3)16-9-21(17(22)23)8-12(11-5-6-13(19)14(20)7-11)15(27-16)10-26-28(4,24)25/h5-7,12,15-16H,8-10H2,1-4H3,(H,22,23). The van der Waals surface area contributed by atoms with E-state index in [1.807, 2.05) is 20.8 Å². The van der Waals surface area contributed by atoms with Crippen molar-refractivity contribution < 1.29 is 27.2 Å². The molecule has 2 rings (SSSR count). The van der Waals surface area contributed by atoms with Crippen LogP contribution in [0.3, 0.4) is 0 Å². The molecule has 0 saturated carbocycles. The topological polar surface area (TPSA) is 93.1 Å². The zero-order chi connectivity index (χ0) is 21.3. The fraction of sp³-hybridized carbons (Fsp3) is 0.611. The fourth-order valence-corrected chi connectivity index (χ4v) is 3.71. The van der Waals surface area contributed by atoms with Gasteiger partial charge in [-0.25, -0.2) is 4.79 Å². The molecule has 10 heteroatoms. The molecule has 1 fully saturated rings. The Balaban J connectivity index is 2.47. The predicted molar refractivity (Wildman–Crippen MR) is 108 cm³/mol. The van der Waals surface area contributed by atoms with Crippen LogP contribution >= 0.6 is 23.2 Å². The Morgan fingerprint density at radius 1 is 1.29 bits per heavy atom. The van der Waals surface area contributed by atoms with Crippen molar-refractivity contribution in [3.05, 3.63) is 33.8 Å². The summed E-state index contributed by atoms with van der Waals surface area (Å²) in [6, 6.07) is 4.99. The lowest BCUT2D eigenvalue weighted by molar-refractivity contribution is -0.0789. The van der Waals surface area contributed by atoms with Crippen LogP contribution in [0.5, 0.6) is 0 Å². The minimum atomic E-state index is -3.70. The Morgan fingerprint density at radius 2 is 1.93 bits per heavy atom. The van der Waals surface area contributed by atoms with Crippen LogP contribution in [0, 0.1) is 5.41 Å². The average Bonchev–Trinajstić information content (AvgIpc) is 2.74. The second-order valence-corrected chi connectivity index (χ2v) is 10.4. The summed E-state index contributed by atoms with van der Waals surface area (Å²) in [5.41, 5.74) is 0.320. The summed E-state index contributed by atoms with van der Waals surface area (Å²) in [7, 11) is -3.70. The van der Waals surface area contributed by atoms with Crippen LogP contribution in [-0.4, -0.2) is 62.7 Å². The summed E-state index contributed by atoms with van der Waals surface area (Å²) in [5.74, 6) is -0.486. The number of hydrogen-bond acceptors (Lipinski definition) is 5. The highest BCUT2D eigenvalue weighted by atomic mass is 35.5. The molecule has 1 amide bonds. The van der Waals surface area contributed by atoms with Gasteiger partial charge < -0.3 is 14.7 Å². The summed E-state index contributed by atoms with van der Waals surface area (Å²) in [6.07, 6.45) is -1.26. The van der Waals surface area contributed by atoms with E-state index in [1.54, 1.807) is 18.2 Å². The van der Waals surface area contributed by atoms with Gasteiger partial charge in [-0.2, -0.15) is 8.42 Å². The Bertz CT molecular complexity index is 824. The van der Waals surface area contributed by atoms with E-state index in [9.17, 15) is 18.3 Å². The van der Waals surface area contributed by atoms with Gasteiger partial charge in [0.1, 0.15) is 0 Å². The van der Waals surface area contributed by atoms with Crippen LogP contribution < -0.4 is 0 Å². The lowest BCUT2D eigenvalue weighted by Gasteiger charge is -2.33. The molecule has 1 N–H and O–H groups in total. The van der Waals surface area contributed by atoms with Gasteiger partial charge in [-0.05, 0) is 23.1 Å². The molecule has 1 heterocycles. The molecule has 1 aromatic rings. The molecule has 0 radical (unpaired) electrons. The molecule has 0 aromatic heterocycles. The van der Waals surface area contributed by atoms with Crippen LogP contribution in [-0.2, 0) is 19.0 Å². The van der Waals surface area contributed by atoms with Gasteiger partial charge in [-0.3, -0.25) is 4.18 Å². The largest absolute Gasteiger partial charge is 0.465 e. The highest BCUT2D eigenvalue weighted by Crippen LogP contribution is 2.35. The molecule has 0 aliphatic carbocycles. The van der Waals surface area contributed by atoms with Gasteiger partial charge in [0.25, 0.3) is 10.1 Å². The fourth-order valence-electron chi connectivity index (χ4n) is 3.02. The number of nitrogens with zero attached hydrogens (tertiary/aromatic N) is 1. The summed E-state index contributed by atoms with van der Waals surface area (Å²) in [5, 5.41) is 10.3. The monoisotopic (exact) mass is 453 g/mol. The first kappa shape index (κ1) is 23.2. The van der Waals surface area contributed by atoms with Crippen LogP contribution in [0.2, 0.25) is 10.0 Å². The second kappa shape index (κ2) is 8.75. The molecule has 3 atom stereocenters. The number of hydrogen-bond donors (Lipinski definition) is 1. The number of halogens is 2. The summed E-state index contributed by atoms with van der Waals surface area (Å²) < 4.78 is 34.3. The zero-order valence-corrected chi connectivity index (χ0v) is 18.5. The molecule has 0 spiro atoms. The van der Waals surface area contributed by atoms with E-state index in [1.165, 1.54) is 4.90 Å². The quantitative estimate of drug-likeness (QED) is 0.695. The lowest BCUT2D eigenvalue weighted by atomic mass is 9.88. The van der Waals surface area contributed by atoms with Crippen molar-refractivity contribution in [3.8, 4) is 0 Å². The Hall–Kier alpha value is -1.06. The first-order valence-corrected chi connectivity index (χ1v) is 11.3. The van der Waals surface area contributed by atoms with Crippen LogP contribution in [0.1, 0.15) is 32.3 Å². The van der Waals surface area contributed by atoms with E-state index in [0.29, 0.717) is 15.6 Å². The van der Waals surface area contributed by atoms with E-state index in [0.717, 1.165) is 6.26 Å². The van der Waals surface area contributed by atoms with Crippen molar-refractivity contribution in [1.29, 1.82) is 0 Å². The molecule has 1 aliphatic rings. The van der Waals surface area contributed by atoms with Crippen molar-refractivity contribution in [2.45, 2.75) is 38.9 Å². The van der Waals surface area contributed by atoms with Gasteiger partial charge in [0.2, 0.25) is 0 Å². The van der Waals surface area contributed by atoms with Crippen molar-refractivity contribution >= 4 is 39.4 Å². The number of ether oxygens (including phenoxy) is 1. The minimum Gasteiger partial charge on any atom is -0.465 e. The maximum atomic E-state index is 11.8. The normalized spacial score (nSPS) is 24.1. The molecule has 7 nitrogen and oxygen atoms in total. The SMILES string of the molecule is CC(C)(C)C1CN(C(=O)O)CC(c2ccc(Cl)c(Cl)c2)C(COS(C)(=O)=O)O1. The predicted octanol–water partition coefficient (Wildman–Crippen LogP) is 3.85. The summed E-state index contributed by atoms with van der Waals surface area (Å²) >= 11 is 12.1. The van der Waals surface area contributed by atoms with Crippen LogP contribution in [0.15, 0.2) is 18.2 Å². The van der Waals surface area contributed by atoms with E-state index in [2.05, 4.69) is 0 Å². The van der Waals surface area contributed by atoms with Crippen molar-refractivity contribution in [2.24, 2.45) is 5.41 Å². The first-order chi connectivity index (χ1) is 12.8. The number of carboxylic acid groups (broad SMARTS) is 1. The third kappa shape index (κ3) is 6.22. The van der Waals surface area contributed by atoms with Gasteiger partial charge in [0, 0.05) is 12.5 Å². The van der Waals surface area contributed by atoms with Crippen LogP contribution in [0.4, 0.5) is 4.79 Å². The van der Waals surface area contributed by atoms with Gasteiger partial charge in [0.15, 0.2) is 0 Å². The maximum absolute atomic E-state index is 11.8. The molecule has 1 aromatic carbocycles. The highest BCUT2D eigenvalue weighted by Gasteiger charge is 2.40. The molecular formula is C18H25Cl2NO6S. The van der Waals surface area contributed by atoms with E-state index < -0.39 is 34.3 Å². The van der Waals surface area contributed by atoms with Crippen LogP contribution in [0.25, 0.3) is 0 Å². The third-order valence-electron chi connectivity index (χ3n) is 4.65. The molecule has 28 heavy (non-hydrogen) atoms. The first-order valence-electron chi connectivity index (χ1n) is 8.70. The van der Waals surface area contributed by atoms with Crippen molar-refractivity contribution in [3.63, 3.8) is 0 Å². The molecule has 0 bridgehead atoms. The molecule has 1 saturated heterocycles. The maximum Gasteiger partial charge on any atom is 0.407 e. The zero-order valence-electron chi connectivity index (χ0n) is 16.2. The molecule has 3 unspecified atom stereocenters. The third-order valence-corrected chi connectivity index (χ3v) is 5.95. The summed E-state index contributed by atoms with van der Waals surface area (Å²) in [4.78, 5) is 13.1. The second-order valence-electron chi connectivity index (χ2n) is 7.99. The Kier molecular flexibility index (Phi) is 7.26. The van der Waals surface area contributed by atoms with E-state index in [4.69, 9.17) is 32.1 Å². The molecule has 158 valence electrons. The van der Waals surface area contributed by atoms with Gasteiger partial charge in [0.05, 0.1) is 41.7 Å². The van der Waals surface area contributed by atoms with Crippen molar-refractivity contribution in [1.82, 2.24) is 4.90 Å². The average molecular weight is 454 g/mol. The van der Waals surface area contributed by atoms with E-state index >= 15 is 0 Å². The number of amides is 1. The Labute approximate surface area is 175 Å². The smallest absolute Gasteiger partial charge is 0.407 e. The number of rotatable bonds is 4. The van der Waals surface area contributed by atoms with Gasteiger partial charge in [-0.1, -0.05) is 50.0 Å². The molecular weight excluding hydrogens is 429 g/mol. The molecule has 1 aliphatic heterocycles.